The van der Waals surface area contributed by atoms with Crippen LogP contribution in [0, 0.1) is 6.92 Å². The van der Waals surface area contributed by atoms with Crippen LogP contribution < -0.4 is 14.8 Å². The summed E-state index contributed by atoms with van der Waals surface area (Å²) < 4.78 is 36.8. The molecule has 2 N–H and O–H groups in total. The van der Waals surface area contributed by atoms with Crippen molar-refractivity contribution in [2.45, 2.75) is 18.7 Å². The van der Waals surface area contributed by atoms with Gasteiger partial charge in [-0.15, -0.1) is 0 Å². The Morgan fingerprint density at radius 1 is 1.07 bits per heavy atom. The number of ether oxygens (including phenoxy) is 2. The average Bonchev–Trinajstić information content (AvgIpc) is 2.68. The maximum atomic E-state index is 12.3. The molecule has 150 valence electrons. The number of hydrogen-bond donors (Lipinski definition) is 2. The van der Waals surface area contributed by atoms with Crippen molar-refractivity contribution in [1.82, 2.24) is 4.72 Å². The van der Waals surface area contributed by atoms with Gasteiger partial charge in [-0.25, -0.2) is 17.9 Å². The number of anilines is 1. The molecular formula is C19H22N2O6S. The smallest absolute Gasteiger partial charge is 0.337 e. The minimum atomic E-state index is -3.86. The molecule has 0 spiro atoms. The first-order valence-corrected chi connectivity index (χ1v) is 9.96. The fourth-order valence-corrected chi connectivity index (χ4v) is 3.30. The lowest BCUT2D eigenvalue weighted by Gasteiger charge is -2.11. The van der Waals surface area contributed by atoms with Crippen LogP contribution in [0.3, 0.4) is 0 Å². The number of esters is 1. The molecule has 0 aromatic heterocycles. The number of amides is 1. The lowest BCUT2D eigenvalue weighted by molar-refractivity contribution is -0.115. The van der Waals surface area contributed by atoms with Crippen LogP contribution >= 0.6 is 0 Å². The minimum absolute atomic E-state index is 0.0209. The van der Waals surface area contributed by atoms with Crippen LogP contribution in [0.4, 0.5) is 5.69 Å². The van der Waals surface area contributed by atoms with Crippen molar-refractivity contribution >= 4 is 27.6 Å². The van der Waals surface area contributed by atoms with Gasteiger partial charge in [0.25, 0.3) is 0 Å². The monoisotopic (exact) mass is 406 g/mol. The number of methoxy groups -OCH3 is 1. The molecule has 2 rings (SSSR count). The van der Waals surface area contributed by atoms with Gasteiger partial charge in [-0.05, 0) is 55.8 Å². The van der Waals surface area contributed by atoms with E-state index in [9.17, 15) is 18.0 Å². The number of aryl methyl sites for hydroxylation is 1. The topological polar surface area (TPSA) is 111 Å². The Kier molecular flexibility index (Phi) is 7.13. The highest BCUT2D eigenvalue weighted by molar-refractivity contribution is 7.89. The summed E-state index contributed by atoms with van der Waals surface area (Å²) in [6, 6.07) is 10.6. The Morgan fingerprint density at radius 2 is 1.75 bits per heavy atom. The summed E-state index contributed by atoms with van der Waals surface area (Å²) >= 11 is 0. The predicted molar refractivity (Wildman–Crippen MR) is 104 cm³/mol. The van der Waals surface area contributed by atoms with Crippen molar-refractivity contribution in [1.29, 1.82) is 0 Å². The largest absolute Gasteiger partial charge is 0.494 e. The van der Waals surface area contributed by atoms with Crippen LogP contribution in [-0.2, 0) is 19.6 Å². The van der Waals surface area contributed by atoms with Crippen LogP contribution in [0.5, 0.6) is 5.75 Å². The van der Waals surface area contributed by atoms with E-state index >= 15 is 0 Å². The lowest BCUT2D eigenvalue weighted by Crippen LogP contribution is -2.33. The average molecular weight is 406 g/mol. The van der Waals surface area contributed by atoms with Crippen LogP contribution in [0.15, 0.2) is 47.4 Å². The van der Waals surface area contributed by atoms with Gasteiger partial charge in [0.15, 0.2) is 0 Å². The summed E-state index contributed by atoms with van der Waals surface area (Å²) in [5.74, 6) is -0.550. The van der Waals surface area contributed by atoms with Crippen molar-refractivity contribution in [2.24, 2.45) is 0 Å². The second kappa shape index (κ2) is 9.34. The van der Waals surface area contributed by atoms with Crippen molar-refractivity contribution in [3.63, 3.8) is 0 Å². The van der Waals surface area contributed by atoms with Gasteiger partial charge in [0.2, 0.25) is 15.9 Å². The summed E-state index contributed by atoms with van der Waals surface area (Å²) in [4.78, 5) is 23.8. The first kappa shape index (κ1) is 21.4. The molecule has 0 bridgehead atoms. The maximum Gasteiger partial charge on any atom is 0.337 e. The van der Waals surface area contributed by atoms with Gasteiger partial charge in [-0.3, -0.25) is 4.79 Å². The number of rotatable bonds is 8. The van der Waals surface area contributed by atoms with Gasteiger partial charge >= 0.3 is 5.97 Å². The molecule has 0 saturated heterocycles. The zero-order valence-electron chi connectivity index (χ0n) is 15.8. The van der Waals surface area contributed by atoms with E-state index in [4.69, 9.17) is 4.74 Å². The van der Waals surface area contributed by atoms with Gasteiger partial charge < -0.3 is 14.8 Å². The summed E-state index contributed by atoms with van der Waals surface area (Å²) in [5, 5.41) is 2.59. The number of carbonyl (C=O) groups is 2. The predicted octanol–water partition coefficient (Wildman–Crippen LogP) is 2.10. The molecule has 0 aliphatic heterocycles. The molecule has 8 nitrogen and oxygen atoms in total. The molecule has 2 aromatic carbocycles. The van der Waals surface area contributed by atoms with Gasteiger partial charge in [0.1, 0.15) is 5.75 Å². The number of carbonyl (C=O) groups excluding carboxylic acids is 2. The molecular weight excluding hydrogens is 384 g/mol. The Bertz CT molecular complexity index is 955. The standard InChI is InChI=1S/C19H22N2O6S/c1-4-27-15-7-9-16(10-8-15)28(24,25)20-12-18(22)21-17-11-14(19(23)26-3)6-5-13(17)2/h5-11,20H,4,12H2,1-3H3,(H,21,22). The first-order chi connectivity index (χ1) is 13.3. The zero-order chi connectivity index (χ0) is 20.7. The molecule has 0 radical (unpaired) electrons. The molecule has 0 fully saturated rings. The molecule has 0 aliphatic carbocycles. The quantitative estimate of drug-likeness (QED) is 0.650. The van der Waals surface area contributed by atoms with Gasteiger partial charge in [-0.2, -0.15) is 0 Å². The minimum Gasteiger partial charge on any atom is -0.494 e. The van der Waals surface area contributed by atoms with Crippen LogP contribution in [-0.4, -0.2) is 40.6 Å². The molecule has 28 heavy (non-hydrogen) atoms. The number of nitrogens with one attached hydrogen (secondary N) is 2. The number of sulfonamides is 1. The van der Waals surface area contributed by atoms with E-state index in [-0.39, 0.29) is 10.5 Å². The third-order valence-corrected chi connectivity index (χ3v) is 5.22. The van der Waals surface area contributed by atoms with E-state index in [2.05, 4.69) is 14.8 Å². The Labute approximate surface area is 163 Å². The Hall–Kier alpha value is -2.91. The van der Waals surface area contributed by atoms with E-state index in [1.54, 1.807) is 31.2 Å². The van der Waals surface area contributed by atoms with Gasteiger partial charge in [-0.1, -0.05) is 6.07 Å². The van der Waals surface area contributed by atoms with Gasteiger partial charge in [0, 0.05) is 5.69 Å². The van der Waals surface area contributed by atoms with Crippen LogP contribution in [0.2, 0.25) is 0 Å². The first-order valence-electron chi connectivity index (χ1n) is 8.48. The molecule has 2 aromatic rings. The number of benzene rings is 2. The lowest BCUT2D eigenvalue weighted by atomic mass is 10.1. The highest BCUT2D eigenvalue weighted by Crippen LogP contribution is 2.18. The maximum absolute atomic E-state index is 12.3. The highest BCUT2D eigenvalue weighted by atomic mass is 32.2. The fourth-order valence-electron chi connectivity index (χ4n) is 2.32. The molecule has 0 saturated carbocycles. The normalized spacial score (nSPS) is 11.0. The highest BCUT2D eigenvalue weighted by Gasteiger charge is 2.16. The third kappa shape index (κ3) is 5.54. The molecule has 1 amide bonds. The van der Waals surface area contributed by atoms with Crippen molar-refractivity contribution in [2.75, 3.05) is 25.6 Å². The molecule has 0 heterocycles. The molecule has 0 atom stereocenters. The van der Waals surface area contributed by atoms with Gasteiger partial charge in [0.05, 0.1) is 30.7 Å². The second-order valence-corrected chi connectivity index (χ2v) is 7.57. The molecule has 9 heteroatoms. The van der Waals surface area contributed by atoms with Crippen LogP contribution in [0.25, 0.3) is 0 Å². The fraction of sp³-hybridized carbons (Fsp3) is 0.263. The van der Waals surface area contributed by atoms with E-state index in [0.717, 1.165) is 5.56 Å². The van der Waals surface area contributed by atoms with Crippen LogP contribution in [0.1, 0.15) is 22.8 Å². The van der Waals surface area contributed by atoms with Crippen molar-refractivity contribution in [3.05, 3.63) is 53.6 Å². The summed E-state index contributed by atoms with van der Waals surface area (Å²) in [6.07, 6.45) is 0. The molecule has 0 unspecified atom stereocenters. The summed E-state index contributed by atoms with van der Waals surface area (Å²) in [5.41, 5.74) is 1.39. The SMILES string of the molecule is CCOc1ccc(S(=O)(=O)NCC(=O)Nc2cc(C(=O)OC)ccc2C)cc1. The second-order valence-electron chi connectivity index (χ2n) is 5.80. The van der Waals surface area contributed by atoms with Crippen molar-refractivity contribution < 1.29 is 27.5 Å². The Balaban J connectivity index is 2.02. The number of hydrogen-bond acceptors (Lipinski definition) is 6. The van der Waals surface area contributed by atoms with Crippen molar-refractivity contribution in [3.8, 4) is 5.75 Å². The van der Waals surface area contributed by atoms with E-state index < -0.39 is 28.4 Å². The Morgan fingerprint density at radius 3 is 2.36 bits per heavy atom. The summed E-state index contributed by atoms with van der Waals surface area (Å²) in [7, 11) is -2.60. The molecule has 0 aliphatic rings. The van der Waals surface area contributed by atoms with E-state index in [1.165, 1.54) is 25.3 Å². The summed E-state index contributed by atoms with van der Waals surface area (Å²) in [6.45, 7) is 3.59. The van der Waals surface area contributed by atoms with E-state index in [0.29, 0.717) is 18.0 Å². The van der Waals surface area contributed by atoms with E-state index in [1.807, 2.05) is 6.92 Å². The zero-order valence-corrected chi connectivity index (χ0v) is 16.6. The third-order valence-electron chi connectivity index (χ3n) is 3.80.